The molecule has 5 nitrogen and oxygen atoms in total. The van der Waals surface area contributed by atoms with Crippen molar-refractivity contribution >= 4 is 17.7 Å². The fourth-order valence-electron chi connectivity index (χ4n) is 1.31. The van der Waals surface area contributed by atoms with E-state index in [2.05, 4.69) is 16.8 Å². The van der Waals surface area contributed by atoms with Crippen molar-refractivity contribution < 1.29 is 9.53 Å². The normalized spacial score (nSPS) is 12.2. The summed E-state index contributed by atoms with van der Waals surface area (Å²) in [5, 5.41) is 8.49. The molecule has 1 atom stereocenters. The Morgan fingerprint density at radius 2 is 2.33 bits per heavy atom. The third kappa shape index (κ3) is 3.87. The number of esters is 1. The lowest BCUT2D eigenvalue weighted by molar-refractivity contribution is -0.142. The first-order chi connectivity index (χ1) is 8.60. The molecule has 0 saturated carbocycles. The highest BCUT2D eigenvalue weighted by molar-refractivity contribution is 8.00. The molecule has 1 aromatic heterocycles. The number of nitrogens with zero attached hydrogens (tertiary/aromatic N) is 3. The van der Waals surface area contributed by atoms with Crippen LogP contribution in [0, 0.1) is 6.92 Å². The molecule has 0 fully saturated rings. The molecule has 0 aliphatic rings. The predicted octanol–water partition coefficient (Wildman–Crippen LogP) is 2.21. The van der Waals surface area contributed by atoms with Crippen LogP contribution in [0.1, 0.15) is 26.1 Å². The molecule has 1 unspecified atom stereocenters. The number of carbonyl (C=O) groups is 1. The van der Waals surface area contributed by atoms with Gasteiger partial charge in [-0.15, -0.1) is 16.8 Å². The summed E-state index contributed by atoms with van der Waals surface area (Å²) in [5.41, 5.74) is 0. The molecule has 0 aromatic carbocycles. The van der Waals surface area contributed by atoms with E-state index < -0.39 is 0 Å². The maximum Gasteiger partial charge on any atom is 0.319 e. The van der Waals surface area contributed by atoms with Gasteiger partial charge in [0.2, 0.25) is 0 Å². The number of ether oxygens (including phenoxy) is 1. The van der Waals surface area contributed by atoms with Gasteiger partial charge in [-0.05, 0) is 20.3 Å². The molecule has 18 heavy (non-hydrogen) atoms. The zero-order chi connectivity index (χ0) is 13.5. The Morgan fingerprint density at radius 3 is 2.94 bits per heavy atom. The molecule has 1 aromatic rings. The maximum atomic E-state index is 11.7. The van der Waals surface area contributed by atoms with E-state index in [4.69, 9.17) is 4.74 Å². The Balaban J connectivity index is 2.66. The van der Waals surface area contributed by atoms with E-state index in [1.807, 2.05) is 25.3 Å². The lowest BCUT2D eigenvalue weighted by Crippen LogP contribution is -2.18. The Bertz CT molecular complexity index is 417. The Hall–Kier alpha value is -1.30. The Labute approximate surface area is 112 Å². The first kappa shape index (κ1) is 14.8. The first-order valence-corrected chi connectivity index (χ1v) is 6.82. The molecule has 0 saturated heterocycles. The van der Waals surface area contributed by atoms with Crippen molar-refractivity contribution in [1.82, 2.24) is 14.8 Å². The number of rotatable bonds is 7. The highest BCUT2D eigenvalue weighted by atomic mass is 32.2. The zero-order valence-electron chi connectivity index (χ0n) is 11.0. The molecule has 0 N–H and O–H groups in total. The molecule has 0 bridgehead atoms. The monoisotopic (exact) mass is 269 g/mol. The number of aromatic nitrogens is 3. The highest BCUT2D eigenvalue weighted by Crippen LogP contribution is 2.23. The number of carbonyl (C=O) groups excluding carboxylic acids is 1. The zero-order valence-corrected chi connectivity index (χ0v) is 11.9. The fourth-order valence-corrected chi connectivity index (χ4v) is 2.22. The molecule has 1 heterocycles. The SMILES string of the molecule is C=CCn1c(C)nnc1SC(C)C(=O)OCCC. The van der Waals surface area contributed by atoms with Crippen LogP contribution in [0.3, 0.4) is 0 Å². The van der Waals surface area contributed by atoms with Gasteiger partial charge in [0.1, 0.15) is 11.1 Å². The van der Waals surface area contributed by atoms with Gasteiger partial charge in [-0.3, -0.25) is 4.79 Å². The quantitative estimate of drug-likeness (QED) is 0.431. The van der Waals surface area contributed by atoms with Gasteiger partial charge in [-0.2, -0.15) is 0 Å². The van der Waals surface area contributed by atoms with Crippen LogP contribution in [0.5, 0.6) is 0 Å². The summed E-state index contributed by atoms with van der Waals surface area (Å²) in [5.74, 6) is 0.596. The van der Waals surface area contributed by atoms with E-state index in [1.54, 1.807) is 6.08 Å². The van der Waals surface area contributed by atoms with Gasteiger partial charge in [0.15, 0.2) is 5.16 Å². The van der Waals surface area contributed by atoms with Crippen molar-refractivity contribution in [3.05, 3.63) is 18.5 Å². The molecule has 6 heteroatoms. The second kappa shape index (κ2) is 7.20. The average molecular weight is 269 g/mol. The van der Waals surface area contributed by atoms with Crippen molar-refractivity contribution in [2.24, 2.45) is 0 Å². The number of hydrogen-bond donors (Lipinski definition) is 0. The third-order valence-corrected chi connectivity index (χ3v) is 3.33. The van der Waals surface area contributed by atoms with E-state index >= 15 is 0 Å². The van der Waals surface area contributed by atoms with Crippen LogP contribution in [0.25, 0.3) is 0 Å². The van der Waals surface area contributed by atoms with Crippen molar-refractivity contribution in [3.63, 3.8) is 0 Å². The second-order valence-electron chi connectivity index (χ2n) is 3.86. The van der Waals surface area contributed by atoms with Crippen molar-refractivity contribution in [2.45, 2.75) is 44.1 Å². The van der Waals surface area contributed by atoms with Gasteiger partial charge in [-0.25, -0.2) is 0 Å². The van der Waals surface area contributed by atoms with Crippen LogP contribution in [-0.4, -0.2) is 32.6 Å². The fraction of sp³-hybridized carbons (Fsp3) is 0.583. The summed E-state index contributed by atoms with van der Waals surface area (Å²) in [6.45, 7) is 10.4. The molecular formula is C12H19N3O2S. The van der Waals surface area contributed by atoms with E-state index in [0.29, 0.717) is 18.3 Å². The van der Waals surface area contributed by atoms with Gasteiger partial charge in [0.05, 0.1) is 6.61 Å². The molecule has 0 radical (unpaired) electrons. The van der Waals surface area contributed by atoms with Crippen molar-refractivity contribution in [2.75, 3.05) is 6.61 Å². The van der Waals surface area contributed by atoms with Crippen LogP contribution in [0.15, 0.2) is 17.8 Å². The molecule has 0 spiro atoms. The molecule has 1 rings (SSSR count). The lowest BCUT2D eigenvalue weighted by atomic mass is 10.5. The minimum atomic E-state index is -0.288. The van der Waals surface area contributed by atoms with Crippen LogP contribution >= 0.6 is 11.8 Å². The smallest absolute Gasteiger partial charge is 0.319 e. The number of allylic oxidation sites excluding steroid dienone is 1. The van der Waals surface area contributed by atoms with Gasteiger partial charge in [-0.1, -0.05) is 24.8 Å². The van der Waals surface area contributed by atoms with E-state index in [9.17, 15) is 4.79 Å². The van der Waals surface area contributed by atoms with Crippen LogP contribution < -0.4 is 0 Å². The third-order valence-electron chi connectivity index (χ3n) is 2.28. The minimum absolute atomic E-state index is 0.215. The molecule has 0 aliphatic carbocycles. The minimum Gasteiger partial charge on any atom is -0.465 e. The summed E-state index contributed by atoms with van der Waals surface area (Å²) in [4.78, 5) is 11.7. The van der Waals surface area contributed by atoms with Gasteiger partial charge in [0.25, 0.3) is 0 Å². The summed E-state index contributed by atoms with van der Waals surface area (Å²) in [7, 11) is 0. The van der Waals surface area contributed by atoms with Crippen LogP contribution in [0.2, 0.25) is 0 Å². The van der Waals surface area contributed by atoms with Crippen LogP contribution in [-0.2, 0) is 16.1 Å². The van der Waals surface area contributed by atoms with Crippen molar-refractivity contribution in [3.8, 4) is 0 Å². The standard InChI is InChI=1S/C12H19N3O2S/c1-5-7-15-10(4)13-14-12(15)18-9(3)11(16)17-8-6-2/h5,9H,1,6-8H2,2-4H3. The lowest BCUT2D eigenvalue weighted by Gasteiger charge is -2.11. The summed E-state index contributed by atoms with van der Waals surface area (Å²) in [6, 6.07) is 0. The maximum absolute atomic E-state index is 11.7. The van der Waals surface area contributed by atoms with Gasteiger partial charge in [0, 0.05) is 6.54 Å². The predicted molar refractivity (Wildman–Crippen MR) is 71.5 cm³/mol. The average Bonchev–Trinajstić information content (AvgIpc) is 2.69. The Kier molecular flexibility index (Phi) is 5.91. The second-order valence-corrected chi connectivity index (χ2v) is 5.16. The van der Waals surface area contributed by atoms with E-state index in [0.717, 1.165) is 12.2 Å². The summed E-state index contributed by atoms with van der Waals surface area (Å²) < 4.78 is 7.01. The Morgan fingerprint density at radius 1 is 1.61 bits per heavy atom. The summed E-state index contributed by atoms with van der Waals surface area (Å²) >= 11 is 1.36. The number of hydrogen-bond acceptors (Lipinski definition) is 5. The van der Waals surface area contributed by atoms with Crippen LogP contribution in [0.4, 0.5) is 0 Å². The number of aryl methyl sites for hydroxylation is 1. The molecular weight excluding hydrogens is 250 g/mol. The number of thioether (sulfide) groups is 1. The molecule has 0 aliphatic heterocycles. The topological polar surface area (TPSA) is 57.0 Å². The summed E-state index contributed by atoms with van der Waals surface area (Å²) in [6.07, 6.45) is 2.61. The first-order valence-electron chi connectivity index (χ1n) is 5.94. The molecule has 100 valence electrons. The molecule has 0 amide bonds. The van der Waals surface area contributed by atoms with Gasteiger partial charge >= 0.3 is 5.97 Å². The van der Waals surface area contributed by atoms with Gasteiger partial charge < -0.3 is 9.30 Å². The highest BCUT2D eigenvalue weighted by Gasteiger charge is 2.19. The van der Waals surface area contributed by atoms with Crippen molar-refractivity contribution in [1.29, 1.82) is 0 Å². The van der Waals surface area contributed by atoms with E-state index in [1.165, 1.54) is 11.8 Å². The largest absolute Gasteiger partial charge is 0.465 e. The van der Waals surface area contributed by atoms with E-state index in [-0.39, 0.29) is 11.2 Å².